The van der Waals surface area contributed by atoms with Gasteiger partial charge in [-0.15, -0.1) is 0 Å². The monoisotopic (exact) mass is 648 g/mol. The summed E-state index contributed by atoms with van der Waals surface area (Å²) in [5.74, 6) is 0.485. The van der Waals surface area contributed by atoms with E-state index in [1.807, 2.05) is 6.92 Å². The van der Waals surface area contributed by atoms with Crippen LogP contribution >= 0.6 is 0 Å². The molecule has 8 unspecified atom stereocenters. The Morgan fingerprint density at radius 2 is 1.61 bits per heavy atom. The maximum Gasteiger partial charge on any atom is 0.187 e. The summed E-state index contributed by atoms with van der Waals surface area (Å²) < 4.78 is 12.7. The third kappa shape index (κ3) is 5.28. The van der Waals surface area contributed by atoms with Crippen molar-refractivity contribution < 1.29 is 40.3 Å². The molecule has 5 fully saturated rings. The zero-order valence-electron chi connectivity index (χ0n) is 29.2. The van der Waals surface area contributed by atoms with Crippen LogP contribution < -0.4 is 0 Å². The molecule has 10 heteroatoms. The summed E-state index contributed by atoms with van der Waals surface area (Å²) >= 11 is 0. The number of nitrogens with zero attached hydrogens (tertiary/aromatic N) is 2. The number of hydrogen-bond acceptors (Lipinski definition) is 10. The van der Waals surface area contributed by atoms with Gasteiger partial charge in [-0.3, -0.25) is 0 Å². The van der Waals surface area contributed by atoms with Gasteiger partial charge in [-0.25, -0.2) is 0 Å². The van der Waals surface area contributed by atoms with Crippen LogP contribution in [-0.4, -0.2) is 85.2 Å². The van der Waals surface area contributed by atoms with E-state index in [2.05, 4.69) is 64.9 Å². The number of ether oxygens (including phenoxy) is 2. The van der Waals surface area contributed by atoms with Crippen molar-refractivity contribution in [1.29, 1.82) is 0 Å². The molecule has 5 rings (SSSR count). The van der Waals surface area contributed by atoms with Gasteiger partial charge in [0.05, 0.1) is 23.6 Å². The predicted molar refractivity (Wildman–Crippen MR) is 175 cm³/mol. The van der Waals surface area contributed by atoms with Gasteiger partial charge in [0, 0.05) is 11.3 Å². The Balaban J connectivity index is 1.53. The number of oxime groups is 2. The van der Waals surface area contributed by atoms with E-state index in [1.54, 1.807) is 0 Å². The molecule has 0 radical (unpaired) electrons. The molecule has 0 aromatic rings. The summed E-state index contributed by atoms with van der Waals surface area (Å²) in [6.45, 7) is 17.4. The lowest BCUT2D eigenvalue weighted by Gasteiger charge is -2.69. The molecule has 1 aliphatic heterocycles. The molecule has 13 atom stereocenters. The topological polar surface area (TPSA) is 165 Å². The number of allylic oxidation sites excluding steroid dienone is 2. The fraction of sp³-hybridized carbons (Fsp3) is 0.889. The molecule has 0 aromatic carbocycles. The van der Waals surface area contributed by atoms with Crippen molar-refractivity contribution >= 4 is 11.4 Å². The van der Waals surface area contributed by atoms with E-state index in [-0.39, 0.29) is 39.4 Å². The van der Waals surface area contributed by atoms with Crippen LogP contribution in [0.25, 0.3) is 0 Å². The molecule has 0 amide bonds. The van der Waals surface area contributed by atoms with Gasteiger partial charge in [0.2, 0.25) is 0 Å². The van der Waals surface area contributed by atoms with Gasteiger partial charge in [0.1, 0.15) is 24.4 Å². The SMILES string of the molecule is CC(C)=CCCC(C)(O[C@@H]1OC(CO)[C@@H](O)C(O)C1O)C1CC[C@]2(C)C1/C(=N\O)CC1[C@@]3(C)CC/C(=N\O)C(C)(C)C3CC[C@]12C. The number of aliphatic hydroxyl groups excluding tert-OH is 4. The van der Waals surface area contributed by atoms with E-state index in [0.29, 0.717) is 18.8 Å². The molecule has 1 heterocycles. The Bertz CT molecular complexity index is 1230. The minimum absolute atomic E-state index is 0.0216. The highest BCUT2D eigenvalue weighted by Crippen LogP contribution is 2.75. The zero-order chi connectivity index (χ0) is 34.0. The van der Waals surface area contributed by atoms with Crippen LogP contribution in [0.4, 0.5) is 0 Å². The van der Waals surface area contributed by atoms with Crippen molar-refractivity contribution in [1.82, 2.24) is 0 Å². The van der Waals surface area contributed by atoms with Crippen molar-refractivity contribution in [3.05, 3.63) is 11.6 Å². The molecule has 0 spiro atoms. The Hall–Kier alpha value is -1.56. The van der Waals surface area contributed by atoms with Crippen LogP contribution in [0.2, 0.25) is 0 Å². The summed E-state index contributed by atoms with van der Waals surface area (Å²) in [6, 6.07) is 0. The molecule has 1 saturated heterocycles. The van der Waals surface area contributed by atoms with Crippen molar-refractivity contribution in [3.63, 3.8) is 0 Å². The van der Waals surface area contributed by atoms with Gasteiger partial charge in [-0.2, -0.15) is 0 Å². The first-order chi connectivity index (χ1) is 21.4. The van der Waals surface area contributed by atoms with Crippen LogP contribution in [0, 0.1) is 45.3 Å². The van der Waals surface area contributed by atoms with Crippen molar-refractivity contribution in [3.8, 4) is 0 Å². The second-order valence-corrected chi connectivity index (χ2v) is 17.1. The Labute approximate surface area is 274 Å². The number of aliphatic hydroxyl groups is 4. The van der Waals surface area contributed by atoms with Crippen LogP contribution in [0.5, 0.6) is 0 Å². The molecule has 46 heavy (non-hydrogen) atoms. The molecule has 4 saturated carbocycles. The van der Waals surface area contributed by atoms with Crippen molar-refractivity contribution in [2.24, 2.45) is 55.6 Å². The first kappa shape index (κ1) is 35.7. The minimum Gasteiger partial charge on any atom is -0.411 e. The molecule has 10 nitrogen and oxygen atoms in total. The summed E-state index contributed by atoms with van der Waals surface area (Å²) in [5, 5.41) is 70.3. The van der Waals surface area contributed by atoms with Crippen molar-refractivity contribution in [2.75, 3.05) is 6.61 Å². The molecule has 5 aliphatic rings. The van der Waals surface area contributed by atoms with Crippen LogP contribution in [0.15, 0.2) is 22.0 Å². The highest BCUT2D eigenvalue weighted by Gasteiger charge is 2.71. The van der Waals surface area contributed by atoms with Gasteiger partial charge >= 0.3 is 0 Å². The Morgan fingerprint density at radius 1 is 0.935 bits per heavy atom. The molecule has 262 valence electrons. The number of hydrogen-bond donors (Lipinski definition) is 6. The molecular weight excluding hydrogens is 588 g/mol. The van der Waals surface area contributed by atoms with E-state index >= 15 is 0 Å². The summed E-state index contributed by atoms with van der Waals surface area (Å²) in [5.41, 5.74) is 1.55. The highest BCUT2D eigenvalue weighted by atomic mass is 16.7. The predicted octanol–water partition coefficient (Wildman–Crippen LogP) is 5.26. The minimum atomic E-state index is -1.53. The summed E-state index contributed by atoms with van der Waals surface area (Å²) in [6.07, 6.45) is 2.91. The van der Waals surface area contributed by atoms with E-state index in [9.17, 15) is 30.8 Å². The second kappa shape index (κ2) is 12.4. The van der Waals surface area contributed by atoms with Crippen LogP contribution in [0.1, 0.15) is 113 Å². The van der Waals surface area contributed by atoms with E-state index < -0.39 is 42.9 Å². The molecule has 0 aromatic heterocycles. The lowest BCUT2D eigenvalue weighted by atomic mass is 9.35. The molecule has 4 aliphatic carbocycles. The highest BCUT2D eigenvalue weighted by molar-refractivity contribution is 5.91. The normalized spacial score (nSPS) is 48.3. The smallest absolute Gasteiger partial charge is 0.187 e. The lowest BCUT2D eigenvalue weighted by Crippen LogP contribution is -2.66. The Morgan fingerprint density at radius 3 is 2.22 bits per heavy atom. The van der Waals surface area contributed by atoms with E-state index in [0.717, 1.165) is 56.4 Å². The summed E-state index contributed by atoms with van der Waals surface area (Å²) in [4.78, 5) is 0. The van der Waals surface area contributed by atoms with Crippen LogP contribution in [0.3, 0.4) is 0 Å². The summed E-state index contributed by atoms with van der Waals surface area (Å²) in [7, 11) is 0. The fourth-order valence-electron chi connectivity index (χ4n) is 11.7. The van der Waals surface area contributed by atoms with Gasteiger partial charge in [0.25, 0.3) is 0 Å². The third-order valence-corrected chi connectivity index (χ3v) is 14.4. The largest absolute Gasteiger partial charge is 0.411 e. The first-order valence-electron chi connectivity index (χ1n) is 17.5. The molecule has 6 N–H and O–H groups in total. The zero-order valence-corrected chi connectivity index (χ0v) is 29.2. The second-order valence-electron chi connectivity index (χ2n) is 17.1. The van der Waals surface area contributed by atoms with Crippen molar-refractivity contribution in [2.45, 2.75) is 149 Å². The fourth-order valence-corrected chi connectivity index (χ4v) is 11.7. The van der Waals surface area contributed by atoms with E-state index in [4.69, 9.17) is 9.47 Å². The maximum absolute atomic E-state index is 11.0. The standard InChI is InChI=1S/C36H60N2O8/c1-20(2)10-9-14-36(8,46-31-30(42)29(41)28(40)23(19-39)45-31)21-11-16-35(7)27(21)22(37-43)18-25-33(5)15-13-26(38-44)32(3,4)24(33)12-17-34(25,35)6/h10,21,23-25,27-31,39-44H,9,11-19H2,1-8H3/b37-22-,38-26+/t21?,23?,24?,25?,27?,28-,29?,30?,31+,33+,34-,35-,36?/m1/s1. The van der Waals surface area contributed by atoms with Gasteiger partial charge in [-0.1, -0.05) is 56.6 Å². The van der Waals surface area contributed by atoms with E-state index in [1.165, 1.54) is 5.57 Å². The van der Waals surface area contributed by atoms with Gasteiger partial charge in [-0.05, 0) is 113 Å². The number of fused-ring (bicyclic) bond motifs is 5. The average molecular weight is 649 g/mol. The third-order valence-electron chi connectivity index (χ3n) is 14.4. The van der Waals surface area contributed by atoms with Gasteiger partial charge < -0.3 is 40.3 Å². The molecule has 0 bridgehead atoms. The van der Waals surface area contributed by atoms with Crippen LogP contribution in [-0.2, 0) is 9.47 Å². The Kier molecular flexibility index (Phi) is 9.63. The van der Waals surface area contributed by atoms with Gasteiger partial charge in [0.15, 0.2) is 6.29 Å². The number of rotatable bonds is 7. The first-order valence-corrected chi connectivity index (χ1v) is 17.5. The lowest BCUT2D eigenvalue weighted by molar-refractivity contribution is -0.333. The maximum atomic E-state index is 11.0. The molecular formula is C36H60N2O8. The average Bonchev–Trinajstić information content (AvgIpc) is 3.37. The quantitative estimate of drug-likeness (QED) is 0.124.